The topological polar surface area (TPSA) is 116 Å². The predicted octanol–water partition coefficient (Wildman–Crippen LogP) is 5.43. The Balaban J connectivity index is 1.25. The van der Waals surface area contributed by atoms with Crippen LogP contribution in [-0.4, -0.2) is 81.3 Å². The highest BCUT2D eigenvalue weighted by molar-refractivity contribution is 5.72. The van der Waals surface area contributed by atoms with E-state index in [-0.39, 0.29) is 43.5 Å². The fourth-order valence-corrected chi connectivity index (χ4v) is 5.42. The second kappa shape index (κ2) is 18.0. The minimum absolute atomic E-state index is 0.00735. The molecule has 1 aliphatic rings. The molecule has 0 aliphatic carbocycles. The van der Waals surface area contributed by atoms with Crippen LogP contribution in [0.1, 0.15) is 42.4 Å². The highest BCUT2D eigenvalue weighted by atomic mass is 19.1. The maximum Gasteiger partial charge on any atom is 0.407 e. The molecule has 2 N–H and O–H groups in total. The van der Waals surface area contributed by atoms with Gasteiger partial charge in [-0.15, -0.1) is 0 Å². The van der Waals surface area contributed by atoms with Crippen LogP contribution >= 0.6 is 0 Å². The van der Waals surface area contributed by atoms with Crippen LogP contribution in [0.3, 0.4) is 0 Å². The van der Waals surface area contributed by atoms with Crippen LogP contribution in [0.4, 0.5) is 9.18 Å². The Labute approximate surface area is 269 Å². The van der Waals surface area contributed by atoms with Crippen molar-refractivity contribution >= 4 is 12.0 Å². The lowest BCUT2D eigenvalue weighted by molar-refractivity contribution is -0.118. The van der Waals surface area contributed by atoms with Gasteiger partial charge >= 0.3 is 6.09 Å². The molecular weight excluding hydrogens is 595 g/mol. The average Bonchev–Trinajstić information content (AvgIpc) is 3.05. The van der Waals surface area contributed by atoms with Gasteiger partial charge in [-0.05, 0) is 60.4 Å². The molecular formula is C35H43FN2O8. The molecule has 3 aromatic carbocycles. The lowest BCUT2D eigenvalue weighted by Crippen LogP contribution is -2.46. The van der Waals surface area contributed by atoms with Crippen molar-refractivity contribution in [2.45, 2.75) is 44.8 Å². The van der Waals surface area contributed by atoms with E-state index in [0.717, 1.165) is 29.0 Å². The standard InChI is InChI=1S/C35H43FN2O8/c1-25(39)37-16-14-27-22-29(36)10-13-33(27)45-20-21-46-34-23-38(35(40)41)17-15-31(34)26-8-11-30(12-9-26)44-19-5-18-43-24-28-6-3-4-7-32(28)42-2/h3-4,6-13,22,31,34H,5,14-21,23-24H2,1-2H3,(H,37,39)(H,40,41). The highest BCUT2D eigenvalue weighted by Gasteiger charge is 2.33. The first-order valence-electron chi connectivity index (χ1n) is 15.5. The summed E-state index contributed by atoms with van der Waals surface area (Å²) < 4.78 is 43.0. The summed E-state index contributed by atoms with van der Waals surface area (Å²) in [4.78, 5) is 24.3. The minimum atomic E-state index is -0.978. The number of ether oxygens (including phenoxy) is 5. The Morgan fingerprint density at radius 2 is 1.76 bits per heavy atom. The van der Waals surface area contributed by atoms with Crippen molar-refractivity contribution in [2.75, 3.05) is 53.2 Å². The highest BCUT2D eigenvalue weighted by Crippen LogP contribution is 2.32. The fourth-order valence-electron chi connectivity index (χ4n) is 5.42. The monoisotopic (exact) mass is 638 g/mol. The van der Waals surface area contributed by atoms with E-state index in [9.17, 15) is 19.1 Å². The van der Waals surface area contributed by atoms with Crippen LogP contribution in [0.15, 0.2) is 66.7 Å². The third-order valence-corrected chi connectivity index (χ3v) is 7.75. The number of hydrogen-bond donors (Lipinski definition) is 2. The second-order valence-electron chi connectivity index (χ2n) is 11.0. The maximum atomic E-state index is 13.8. The molecule has 0 saturated carbocycles. The summed E-state index contributed by atoms with van der Waals surface area (Å²) in [6, 6.07) is 19.9. The van der Waals surface area contributed by atoms with E-state index in [1.807, 2.05) is 48.5 Å². The van der Waals surface area contributed by atoms with Gasteiger partial charge in [0.1, 0.15) is 29.7 Å². The van der Waals surface area contributed by atoms with Crippen LogP contribution in [0.25, 0.3) is 0 Å². The van der Waals surface area contributed by atoms with Gasteiger partial charge in [-0.25, -0.2) is 9.18 Å². The van der Waals surface area contributed by atoms with Gasteiger partial charge in [0.05, 0.1) is 46.2 Å². The summed E-state index contributed by atoms with van der Waals surface area (Å²) in [5, 5.41) is 12.3. The molecule has 1 saturated heterocycles. The zero-order valence-electron chi connectivity index (χ0n) is 26.4. The normalized spacial score (nSPS) is 16.1. The Morgan fingerprint density at radius 3 is 2.52 bits per heavy atom. The predicted molar refractivity (Wildman–Crippen MR) is 170 cm³/mol. The second-order valence-corrected chi connectivity index (χ2v) is 11.0. The molecule has 1 fully saturated rings. The third-order valence-electron chi connectivity index (χ3n) is 7.75. The molecule has 10 nitrogen and oxygen atoms in total. The van der Waals surface area contributed by atoms with Crippen molar-refractivity contribution in [1.29, 1.82) is 0 Å². The molecule has 248 valence electrons. The van der Waals surface area contributed by atoms with E-state index in [1.165, 1.54) is 24.0 Å². The fraction of sp³-hybridized carbons (Fsp3) is 0.429. The number of rotatable bonds is 17. The Morgan fingerprint density at radius 1 is 0.957 bits per heavy atom. The van der Waals surface area contributed by atoms with Gasteiger partial charge in [-0.1, -0.05) is 30.3 Å². The quantitative estimate of drug-likeness (QED) is 0.188. The minimum Gasteiger partial charge on any atom is -0.496 e. The van der Waals surface area contributed by atoms with Gasteiger partial charge in [0.2, 0.25) is 5.91 Å². The van der Waals surface area contributed by atoms with Gasteiger partial charge in [0.15, 0.2) is 0 Å². The molecule has 0 bridgehead atoms. The van der Waals surface area contributed by atoms with E-state index in [2.05, 4.69) is 5.32 Å². The van der Waals surface area contributed by atoms with E-state index < -0.39 is 6.09 Å². The van der Waals surface area contributed by atoms with Crippen LogP contribution in [-0.2, 0) is 27.3 Å². The van der Waals surface area contributed by atoms with E-state index in [4.69, 9.17) is 23.7 Å². The number of amides is 2. The summed E-state index contributed by atoms with van der Waals surface area (Å²) in [5.74, 6) is 1.52. The van der Waals surface area contributed by atoms with Crippen molar-refractivity contribution in [1.82, 2.24) is 10.2 Å². The first kappa shape index (κ1) is 34.5. The van der Waals surface area contributed by atoms with Gasteiger partial charge in [-0.2, -0.15) is 0 Å². The number of nitrogens with zero attached hydrogens (tertiary/aromatic N) is 1. The molecule has 4 rings (SSSR count). The lowest BCUT2D eigenvalue weighted by Gasteiger charge is -2.37. The molecule has 11 heteroatoms. The summed E-state index contributed by atoms with van der Waals surface area (Å²) in [6.07, 6.45) is 0.426. The van der Waals surface area contributed by atoms with Crippen LogP contribution in [0, 0.1) is 5.82 Å². The maximum absolute atomic E-state index is 13.8. The number of carboxylic acid groups (broad SMARTS) is 1. The number of piperidine rings is 1. The summed E-state index contributed by atoms with van der Waals surface area (Å²) >= 11 is 0. The van der Waals surface area contributed by atoms with Crippen LogP contribution in [0.5, 0.6) is 17.2 Å². The van der Waals surface area contributed by atoms with Gasteiger partial charge in [-0.3, -0.25) is 4.79 Å². The zero-order valence-corrected chi connectivity index (χ0v) is 26.4. The molecule has 0 spiro atoms. The smallest absolute Gasteiger partial charge is 0.407 e. The molecule has 1 heterocycles. The van der Waals surface area contributed by atoms with E-state index in [0.29, 0.717) is 57.1 Å². The van der Waals surface area contributed by atoms with Gasteiger partial charge in [0.25, 0.3) is 0 Å². The zero-order chi connectivity index (χ0) is 32.7. The third kappa shape index (κ3) is 10.6. The first-order chi connectivity index (χ1) is 22.3. The van der Waals surface area contributed by atoms with Gasteiger partial charge < -0.3 is 39.0 Å². The number of likely N-dealkylation sites (tertiary alicyclic amines) is 1. The first-order valence-corrected chi connectivity index (χ1v) is 15.5. The number of methoxy groups -OCH3 is 1. The van der Waals surface area contributed by atoms with Gasteiger partial charge in [0, 0.05) is 37.9 Å². The van der Waals surface area contributed by atoms with Crippen molar-refractivity contribution in [2.24, 2.45) is 0 Å². The molecule has 46 heavy (non-hydrogen) atoms. The number of carbonyl (C=O) groups excluding carboxylic acids is 1. The summed E-state index contributed by atoms with van der Waals surface area (Å²) in [5.41, 5.74) is 2.69. The Bertz CT molecular complexity index is 1400. The van der Waals surface area contributed by atoms with Crippen molar-refractivity contribution in [3.05, 3.63) is 89.2 Å². The van der Waals surface area contributed by atoms with Crippen molar-refractivity contribution < 1.29 is 42.8 Å². The molecule has 2 atom stereocenters. The molecule has 0 radical (unpaired) electrons. The largest absolute Gasteiger partial charge is 0.496 e. The van der Waals surface area contributed by atoms with E-state index >= 15 is 0 Å². The van der Waals surface area contributed by atoms with Crippen LogP contribution in [0.2, 0.25) is 0 Å². The summed E-state index contributed by atoms with van der Waals surface area (Å²) in [7, 11) is 1.65. The van der Waals surface area contributed by atoms with Crippen LogP contribution < -0.4 is 19.5 Å². The van der Waals surface area contributed by atoms with E-state index in [1.54, 1.807) is 13.2 Å². The van der Waals surface area contributed by atoms with Crippen molar-refractivity contribution in [3.63, 3.8) is 0 Å². The molecule has 1 aliphatic heterocycles. The van der Waals surface area contributed by atoms with Crippen molar-refractivity contribution in [3.8, 4) is 17.2 Å². The SMILES string of the molecule is COc1ccccc1COCCCOc1ccc(C2CCN(C(=O)O)CC2OCCOc2ccc(F)cc2CCNC(C)=O)cc1. The molecule has 2 amide bonds. The number of benzene rings is 3. The number of nitrogens with one attached hydrogen (secondary N) is 1. The average molecular weight is 639 g/mol. The number of hydrogen-bond acceptors (Lipinski definition) is 7. The molecule has 2 unspecified atom stereocenters. The Hall–Kier alpha value is -4.35. The number of halogens is 1. The molecule has 0 aromatic heterocycles. The number of para-hydroxylation sites is 1. The lowest BCUT2D eigenvalue weighted by atomic mass is 9.87. The Kier molecular flexibility index (Phi) is 13.5. The molecule has 3 aromatic rings. The summed E-state index contributed by atoms with van der Waals surface area (Å²) in [6.45, 7) is 4.41. The number of carbonyl (C=O) groups is 2.